The van der Waals surface area contributed by atoms with Crippen LogP contribution in [0.4, 0.5) is 0 Å². The monoisotopic (exact) mass is 365 g/mol. The van der Waals surface area contributed by atoms with Crippen molar-refractivity contribution in [3.05, 3.63) is 71.6 Å². The predicted molar refractivity (Wildman–Crippen MR) is 103 cm³/mol. The molecule has 0 aliphatic heterocycles. The standard InChI is InChI=1S/C21H24N4O2/c1-3-25(4-2)14-19-8-6-5-7-18(19)13-22-20(26)16-9-11-17(12-10-16)21-24-23-15-27-21/h5-12,15H,3-4,13-14H2,1-2H3,(H,22,26)/p+1. The van der Waals surface area contributed by atoms with E-state index < -0.39 is 0 Å². The third-order valence-electron chi connectivity index (χ3n) is 4.75. The number of nitrogens with one attached hydrogen (secondary N) is 2. The lowest BCUT2D eigenvalue weighted by atomic mass is 10.1. The molecule has 0 saturated heterocycles. The van der Waals surface area contributed by atoms with Crippen molar-refractivity contribution in [1.29, 1.82) is 0 Å². The van der Waals surface area contributed by atoms with Gasteiger partial charge in [0, 0.05) is 23.2 Å². The van der Waals surface area contributed by atoms with Crippen LogP contribution in [0.2, 0.25) is 0 Å². The van der Waals surface area contributed by atoms with Gasteiger partial charge in [0.05, 0.1) is 13.1 Å². The molecule has 1 amide bonds. The Morgan fingerprint density at radius 1 is 1.04 bits per heavy atom. The number of nitrogens with zero attached hydrogens (tertiary/aromatic N) is 2. The lowest BCUT2D eigenvalue weighted by Gasteiger charge is -2.18. The molecule has 2 aromatic carbocycles. The highest BCUT2D eigenvalue weighted by Gasteiger charge is 2.11. The molecule has 2 N–H and O–H groups in total. The van der Waals surface area contributed by atoms with Crippen molar-refractivity contribution in [1.82, 2.24) is 15.5 Å². The lowest BCUT2D eigenvalue weighted by Crippen LogP contribution is -3.10. The van der Waals surface area contributed by atoms with E-state index in [4.69, 9.17) is 4.42 Å². The number of hydrogen-bond acceptors (Lipinski definition) is 4. The summed E-state index contributed by atoms with van der Waals surface area (Å²) < 4.78 is 5.16. The van der Waals surface area contributed by atoms with Crippen molar-refractivity contribution in [3.63, 3.8) is 0 Å². The lowest BCUT2D eigenvalue weighted by molar-refractivity contribution is -0.910. The molecule has 0 aliphatic rings. The van der Waals surface area contributed by atoms with Gasteiger partial charge in [-0.15, -0.1) is 10.2 Å². The second-order valence-electron chi connectivity index (χ2n) is 6.41. The van der Waals surface area contributed by atoms with Gasteiger partial charge in [-0.3, -0.25) is 4.79 Å². The fourth-order valence-corrected chi connectivity index (χ4v) is 3.01. The average molecular weight is 365 g/mol. The second-order valence-corrected chi connectivity index (χ2v) is 6.41. The Kier molecular flexibility index (Phi) is 6.33. The Balaban J connectivity index is 1.64. The maximum absolute atomic E-state index is 12.5. The van der Waals surface area contributed by atoms with Gasteiger partial charge in [0.25, 0.3) is 5.91 Å². The van der Waals surface area contributed by atoms with E-state index in [2.05, 4.69) is 47.6 Å². The van der Waals surface area contributed by atoms with Crippen molar-refractivity contribution >= 4 is 5.91 Å². The van der Waals surface area contributed by atoms with Gasteiger partial charge < -0.3 is 14.6 Å². The highest BCUT2D eigenvalue weighted by Crippen LogP contribution is 2.16. The number of rotatable bonds is 8. The molecule has 1 aromatic heterocycles. The molecule has 0 aliphatic carbocycles. The van der Waals surface area contributed by atoms with Gasteiger partial charge in [0.1, 0.15) is 6.54 Å². The summed E-state index contributed by atoms with van der Waals surface area (Å²) in [5, 5.41) is 10.5. The largest absolute Gasteiger partial charge is 0.423 e. The highest BCUT2D eigenvalue weighted by atomic mass is 16.4. The van der Waals surface area contributed by atoms with Crippen LogP contribution in [-0.2, 0) is 13.1 Å². The van der Waals surface area contributed by atoms with E-state index in [0.717, 1.165) is 30.8 Å². The van der Waals surface area contributed by atoms with E-state index in [-0.39, 0.29) is 5.91 Å². The zero-order valence-corrected chi connectivity index (χ0v) is 15.7. The molecule has 0 saturated carbocycles. The van der Waals surface area contributed by atoms with Crippen LogP contribution in [0.1, 0.15) is 35.3 Å². The molecule has 0 bridgehead atoms. The molecule has 0 atom stereocenters. The van der Waals surface area contributed by atoms with Crippen molar-refractivity contribution in [2.24, 2.45) is 0 Å². The molecule has 140 valence electrons. The first-order chi connectivity index (χ1) is 13.2. The van der Waals surface area contributed by atoms with Crippen LogP contribution in [0.25, 0.3) is 11.5 Å². The molecule has 0 fully saturated rings. The topological polar surface area (TPSA) is 72.5 Å². The van der Waals surface area contributed by atoms with Gasteiger partial charge in [-0.2, -0.15) is 0 Å². The number of quaternary nitrogens is 1. The molecule has 1 heterocycles. The van der Waals surface area contributed by atoms with Gasteiger partial charge in [0.2, 0.25) is 12.3 Å². The summed E-state index contributed by atoms with van der Waals surface area (Å²) in [6.45, 7) is 8.05. The molecular weight excluding hydrogens is 340 g/mol. The quantitative estimate of drug-likeness (QED) is 0.641. The van der Waals surface area contributed by atoms with E-state index in [9.17, 15) is 4.79 Å². The zero-order valence-electron chi connectivity index (χ0n) is 15.7. The Hall–Kier alpha value is -2.99. The Bertz CT molecular complexity index is 856. The molecule has 0 radical (unpaired) electrons. The van der Waals surface area contributed by atoms with Gasteiger partial charge in [-0.25, -0.2) is 0 Å². The fourth-order valence-electron chi connectivity index (χ4n) is 3.01. The smallest absolute Gasteiger partial charge is 0.251 e. The Labute approximate surface area is 159 Å². The van der Waals surface area contributed by atoms with Crippen LogP contribution >= 0.6 is 0 Å². The molecule has 6 nitrogen and oxygen atoms in total. The minimum Gasteiger partial charge on any atom is -0.423 e. The molecule has 6 heteroatoms. The number of aromatic nitrogens is 2. The van der Waals surface area contributed by atoms with Crippen molar-refractivity contribution in [2.45, 2.75) is 26.9 Å². The first-order valence-corrected chi connectivity index (χ1v) is 9.26. The average Bonchev–Trinajstić information content (AvgIpc) is 3.26. The number of amides is 1. The second kappa shape index (κ2) is 9.09. The van der Waals surface area contributed by atoms with Crippen LogP contribution in [0.3, 0.4) is 0 Å². The summed E-state index contributed by atoms with van der Waals surface area (Å²) in [4.78, 5) is 14.0. The van der Waals surface area contributed by atoms with Crippen LogP contribution in [-0.4, -0.2) is 29.2 Å². The Morgan fingerprint density at radius 3 is 2.37 bits per heavy atom. The maximum atomic E-state index is 12.5. The van der Waals surface area contributed by atoms with Crippen LogP contribution < -0.4 is 10.2 Å². The van der Waals surface area contributed by atoms with E-state index >= 15 is 0 Å². The minimum absolute atomic E-state index is 0.0999. The van der Waals surface area contributed by atoms with Crippen molar-refractivity contribution in [3.8, 4) is 11.5 Å². The number of hydrogen-bond donors (Lipinski definition) is 2. The molecule has 3 rings (SSSR count). The summed E-state index contributed by atoms with van der Waals surface area (Å²) in [5.74, 6) is 0.340. The summed E-state index contributed by atoms with van der Waals surface area (Å²) in [7, 11) is 0. The van der Waals surface area contributed by atoms with Crippen molar-refractivity contribution < 1.29 is 14.1 Å². The number of benzene rings is 2. The molecule has 3 aromatic rings. The van der Waals surface area contributed by atoms with Gasteiger partial charge in [-0.1, -0.05) is 24.3 Å². The normalized spacial score (nSPS) is 10.9. The predicted octanol–water partition coefficient (Wildman–Crippen LogP) is 2.09. The summed E-state index contributed by atoms with van der Waals surface area (Å²) >= 11 is 0. The van der Waals surface area contributed by atoms with Gasteiger partial charge in [0.15, 0.2) is 0 Å². The molecule has 0 unspecified atom stereocenters. The SMILES string of the molecule is CC[NH+](CC)Cc1ccccc1CNC(=O)c1ccc(-c2nnco2)cc1. The van der Waals surface area contributed by atoms with Gasteiger partial charge >= 0.3 is 0 Å². The Morgan fingerprint density at radius 2 is 1.74 bits per heavy atom. The first kappa shape index (κ1) is 18.8. The molecular formula is C21H25N4O2+. The third-order valence-corrected chi connectivity index (χ3v) is 4.75. The van der Waals surface area contributed by atoms with Crippen LogP contribution in [0.15, 0.2) is 59.3 Å². The van der Waals surface area contributed by atoms with Crippen molar-refractivity contribution in [2.75, 3.05) is 13.1 Å². The van der Waals surface area contributed by atoms with E-state index in [1.54, 1.807) is 24.3 Å². The molecule has 27 heavy (non-hydrogen) atoms. The van der Waals surface area contributed by atoms with E-state index in [1.165, 1.54) is 16.9 Å². The fraction of sp³-hybridized carbons (Fsp3) is 0.286. The van der Waals surface area contributed by atoms with Crippen LogP contribution in [0, 0.1) is 0 Å². The minimum atomic E-state index is -0.0999. The first-order valence-electron chi connectivity index (χ1n) is 9.26. The maximum Gasteiger partial charge on any atom is 0.251 e. The molecule has 0 spiro atoms. The summed E-state index contributed by atoms with van der Waals surface area (Å²) in [6.07, 6.45) is 1.29. The number of carbonyl (C=O) groups excluding carboxylic acids is 1. The highest BCUT2D eigenvalue weighted by molar-refractivity contribution is 5.94. The van der Waals surface area contributed by atoms with E-state index in [1.807, 2.05) is 6.07 Å². The third kappa shape index (κ3) is 4.80. The zero-order chi connectivity index (χ0) is 19.1. The van der Waals surface area contributed by atoms with Gasteiger partial charge in [-0.05, 0) is 43.7 Å². The summed E-state index contributed by atoms with van der Waals surface area (Å²) in [6, 6.07) is 15.4. The van der Waals surface area contributed by atoms with Crippen LogP contribution in [0.5, 0.6) is 0 Å². The number of carbonyl (C=O) groups is 1. The van der Waals surface area contributed by atoms with E-state index in [0.29, 0.717) is 18.0 Å². The summed E-state index contributed by atoms with van der Waals surface area (Å²) in [5.41, 5.74) is 3.83.